The number of hydrogen-bond donors (Lipinski definition) is 0. The van der Waals surface area contributed by atoms with Crippen molar-refractivity contribution in [3.8, 4) is 0 Å². The molecule has 1 unspecified atom stereocenters. The monoisotopic (exact) mass is 281 g/mol. The Bertz CT molecular complexity index is 607. The zero-order valence-corrected chi connectivity index (χ0v) is 11.9. The number of hydrogen-bond acceptors (Lipinski definition) is 4. The molecule has 0 saturated heterocycles. The summed E-state index contributed by atoms with van der Waals surface area (Å²) in [5.41, 5.74) is 2.41. The molecule has 0 radical (unpaired) electrons. The van der Waals surface area contributed by atoms with Crippen LogP contribution in [0.2, 0.25) is 0 Å². The van der Waals surface area contributed by atoms with Crippen molar-refractivity contribution in [2.75, 3.05) is 6.61 Å². The summed E-state index contributed by atoms with van der Waals surface area (Å²) in [7, 11) is 0. The Morgan fingerprint density at radius 3 is 2.95 bits per heavy atom. The second-order valence-corrected chi connectivity index (χ2v) is 4.99. The van der Waals surface area contributed by atoms with Gasteiger partial charge in [0.25, 0.3) is 0 Å². The summed E-state index contributed by atoms with van der Waals surface area (Å²) in [5.74, 6) is 0.311. The number of fused-ring (bicyclic) bond motifs is 1. The Morgan fingerprint density at radius 2 is 2.32 bits per heavy atom. The normalized spacial score (nSPS) is 12.6. The number of alkyl halides is 1. The summed E-state index contributed by atoms with van der Waals surface area (Å²) in [4.78, 5) is 20.4. The van der Waals surface area contributed by atoms with Gasteiger partial charge < -0.3 is 9.30 Å². The van der Waals surface area contributed by atoms with E-state index in [1.54, 1.807) is 17.7 Å². The van der Waals surface area contributed by atoms with Crippen LogP contribution in [-0.2, 0) is 16.1 Å². The van der Waals surface area contributed by atoms with Gasteiger partial charge >= 0.3 is 5.97 Å². The maximum atomic E-state index is 11.7. The minimum atomic E-state index is -0.317. The van der Waals surface area contributed by atoms with E-state index in [1.165, 1.54) is 0 Å². The molecule has 19 heavy (non-hydrogen) atoms. The van der Waals surface area contributed by atoms with Crippen molar-refractivity contribution in [1.29, 1.82) is 0 Å². The number of ether oxygens (including phenoxy) is 1. The summed E-state index contributed by atoms with van der Waals surface area (Å²) < 4.78 is 6.68. The Balaban J connectivity index is 2.49. The number of aromatic nitrogens is 3. The van der Waals surface area contributed by atoms with Crippen molar-refractivity contribution in [2.24, 2.45) is 0 Å². The molecule has 102 valence electrons. The number of halogens is 1. The number of carbonyl (C=O) groups excluding carboxylic acids is 1. The molecule has 6 heteroatoms. The van der Waals surface area contributed by atoms with Crippen LogP contribution in [0.5, 0.6) is 0 Å². The lowest BCUT2D eigenvalue weighted by molar-refractivity contribution is -0.143. The van der Waals surface area contributed by atoms with Crippen molar-refractivity contribution in [3.63, 3.8) is 0 Å². The van der Waals surface area contributed by atoms with Gasteiger partial charge in [-0.1, -0.05) is 0 Å². The minimum absolute atomic E-state index is 0.0762. The van der Waals surface area contributed by atoms with Crippen LogP contribution in [0.4, 0.5) is 0 Å². The van der Waals surface area contributed by atoms with E-state index in [0.29, 0.717) is 18.1 Å². The van der Waals surface area contributed by atoms with Gasteiger partial charge in [-0.25, -0.2) is 9.97 Å². The molecule has 2 aromatic rings. The molecule has 2 heterocycles. The predicted molar refractivity (Wildman–Crippen MR) is 73.2 cm³/mol. The topological polar surface area (TPSA) is 57.0 Å². The van der Waals surface area contributed by atoms with Crippen LogP contribution in [0.15, 0.2) is 12.3 Å². The first kappa shape index (κ1) is 13.8. The number of esters is 1. The van der Waals surface area contributed by atoms with E-state index in [0.717, 1.165) is 11.1 Å². The minimum Gasteiger partial charge on any atom is -0.465 e. The standard InChI is InChI=1S/C13H16ClN3O2/c1-4-19-11(18)7-17-12(9(3)14)16-10-5-8(2)6-15-13(10)17/h5-6,9H,4,7H2,1-3H3. The molecule has 1 atom stereocenters. The molecular weight excluding hydrogens is 266 g/mol. The van der Waals surface area contributed by atoms with Crippen molar-refractivity contribution in [1.82, 2.24) is 14.5 Å². The molecule has 2 aromatic heterocycles. The largest absolute Gasteiger partial charge is 0.465 e. The van der Waals surface area contributed by atoms with E-state index < -0.39 is 0 Å². The fraction of sp³-hybridized carbons (Fsp3) is 0.462. The molecule has 0 aliphatic heterocycles. The van der Waals surface area contributed by atoms with Crippen molar-refractivity contribution < 1.29 is 9.53 Å². The summed E-state index contributed by atoms with van der Waals surface area (Å²) in [6, 6.07) is 1.92. The van der Waals surface area contributed by atoms with E-state index in [2.05, 4.69) is 9.97 Å². The molecule has 5 nitrogen and oxygen atoms in total. The molecule has 0 amide bonds. The van der Waals surface area contributed by atoms with Crippen LogP contribution in [0, 0.1) is 6.92 Å². The SMILES string of the molecule is CCOC(=O)Cn1c(C(C)Cl)nc2cc(C)cnc21. The van der Waals surface area contributed by atoms with Crippen molar-refractivity contribution in [2.45, 2.75) is 32.7 Å². The highest BCUT2D eigenvalue weighted by atomic mass is 35.5. The van der Waals surface area contributed by atoms with Crippen LogP contribution in [-0.4, -0.2) is 27.1 Å². The summed E-state index contributed by atoms with van der Waals surface area (Å²) >= 11 is 6.12. The lowest BCUT2D eigenvalue weighted by Gasteiger charge is -2.09. The van der Waals surface area contributed by atoms with Gasteiger partial charge in [-0.3, -0.25) is 4.79 Å². The third-order valence-corrected chi connectivity index (χ3v) is 2.89. The molecule has 0 saturated carbocycles. The smallest absolute Gasteiger partial charge is 0.326 e. The highest BCUT2D eigenvalue weighted by molar-refractivity contribution is 6.20. The lowest BCUT2D eigenvalue weighted by Crippen LogP contribution is -2.16. The maximum Gasteiger partial charge on any atom is 0.326 e. The van der Waals surface area contributed by atoms with Crippen LogP contribution in [0.1, 0.15) is 30.6 Å². The molecule has 0 N–H and O–H groups in total. The fourth-order valence-corrected chi connectivity index (χ4v) is 2.09. The Labute approximate surface area is 116 Å². The van der Waals surface area contributed by atoms with Gasteiger partial charge in [-0.2, -0.15) is 0 Å². The molecule has 0 aliphatic rings. The predicted octanol–water partition coefficient (Wildman–Crippen LogP) is 2.60. The van der Waals surface area contributed by atoms with Crippen LogP contribution >= 0.6 is 11.6 Å². The number of imidazole rings is 1. The Kier molecular flexibility index (Phi) is 4.04. The lowest BCUT2D eigenvalue weighted by atomic mass is 10.3. The number of pyridine rings is 1. The first-order valence-corrected chi connectivity index (χ1v) is 6.59. The van der Waals surface area contributed by atoms with Gasteiger partial charge in [-0.15, -0.1) is 11.6 Å². The van der Waals surface area contributed by atoms with E-state index in [1.807, 2.05) is 19.9 Å². The second kappa shape index (κ2) is 5.57. The van der Waals surface area contributed by atoms with E-state index in [4.69, 9.17) is 16.3 Å². The Hall–Kier alpha value is -1.62. The van der Waals surface area contributed by atoms with E-state index in [9.17, 15) is 4.79 Å². The zero-order chi connectivity index (χ0) is 14.0. The first-order valence-electron chi connectivity index (χ1n) is 6.15. The van der Waals surface area contributed by atoms with Crippen molar-refractivity contribution >= 4 is 28.7 Å². The summed E-state index contributed by atoms with van der Waals surface area (Å²) in [6.45, 7) is 5.96. The van der Waals surface area contributed by atoms with Gasteiger partial charge in [0.15, 0.2) is 5.65 Å². The number of carbonyl (C=O) groups is 1. The van der Waals surface area contributed by atoms with Crippen LogP contribution in [0.3, 0.4) is 0 Å². The van der Waals surface area contributed by atoms with Gasteiger partial charge in [0.2, 0.25) is 0 Å². The molecule has 0 spiro atoms. The first-order chi connectivity index (χ1) is 9.02. The zero-order valence-electron chi connectivity index (χ0n) is 11.2. The molecular formula is C13H16ClN3O2. The van der Waals surface area contributed by atoms with Crippen LogP contribution < -0.4 is 0 Å². The summed E-state index contributed by atoms with van der Waals surface area (Å²) in [5, 5.41) is -0.302. The van der Waals surface area contributed by atoms with Gasteiger partial charge in [0.1, 0.15) is 17.9 Å². The van der Waals surface area contributed by atoms with Crippen molar-refractivity contribution in [3.05, 3.63) is 23.7 Å². The Morgan fingerprint density at radius 1 is 1.58 bits per heavy atom. The van der Waals surface area contributed by atoms with E-state index in [-0.39, 0.29) is 17.9 Å². The molecule has 0 bridgehead atoms. The third-order valence-electron chi connectivity index (χ3n) is 2.70. The highest BCUT2D eigenvalue weighted by Gasteiger charge is 2.18. The average Bonchev–Trinajstić information content (AvgIpc) is 2.67. The molecule has 2 rings (SSSR count). The highest BCUT2D eigenvalue weighted by Crippen LogP contribution is 2.23. The number of rotatable bonds is 4. The van der Waals surface area contributed by atoms with Gasteiger partial charge in [-0.05, 0) is 32.4 Å². The quantitative estimate of drug-likeness (QED) is 0.638. The molecule has 0 aromatic carbocycles. The second-order valence-electron chi connectivity index (χ2n) is 4.33. The van der Waals surface area contributed by atoms with Gasteiger partial charge in [0.05, 0.1) is 12.0 Å². The van der Waals surface area contributed by atoms with E-state index >= 15 is 0 Å². The number of aryl methyl sites for hydroxylation is 1. The number of nitrogens with zero attached hydrogens (tertiary/aromatic N) is 3. The summed E-state index contributed by atoms with van der Waals surface area (Å²) in [6.07, 6.45) is 1.74. The molecule has 0 fully saturated rings. The molecule has 0 aliphatic carbocycles. The van der Waals surface area contributed by atoms with Gasteiger partial charge in [0, 0.05) is 6.20 Å². The average molecular weight is 282 g/mol. The maximum absolute atomic E-state index is 11.7. The fourth-order valence-electron chi connectivity index (χ4n) is 1.92. The third kappa shape index (κ3) is 2.87. The van der Waals surface area contributed by atoms with Crippen LogP contribution in [0.25, 0.3) is 11.2 Å².